The fourth-order valence-electron chi connectivity index (χ4n) is 1.62. The van der Waals surface area contributed by atoms with Gasteiger partial charge in [-0.3, -0.25) is 4.98 Å². The number of hydrogen-bond donors (Lipinski definition) is 1. The van der Waals surface area contributed by atoms with Gasteiger partial charge in [0.25, 0.3) is 0 Å². The molecule has 1 aromatic heterocycles. The normalized spacial score (nSPS) is 19.5. The summed E-state index contributed by atoms with van der Waals surface area (Å²) in [6.45, 7) is 0. The molecule has 13 heavy (non-hydrogen) atoms. The summed E-state index contributed by atoms with van der Waals surface area (Å²) >= 11 is 5.74. The molecule has 0 saturated heterocycles. The Morgan fingerprint density at radius 2 is 2.23 bits per heavy atom. The van der Waals surface area contributed by atoms with Crippen LogP contribution in [0.3, 0.4) is 0 Å². The van der Waals surface area contributed by atoms with Crippen LogP contribution in [0.15, 0.2) is 18.3 Å². The molecule has 0 radical (unpaired) electrons. The van der Waals surface area contributed by atoms with Crippen molar-refractivity contribution in [2.45, 2.75) is 25.3 Å². The highest BCUT2D eigenvalue weighted by molar-refractivity contribution is 6.30. The molecule has 1 saturated carbocycles. The van der Waals surface area contributed by atoms with Crippen LogP contribution in [-0.4, -0.2) is 4.98 Å². The highest BCUT2D eigenvalue weighted by atomic mass is 35.5. The molecule has 1 atom stereocenters. The molecule has 1 aromatic rings. The zero-order valence-corrected chi connectivity index (χ0v) is 8.17. The van der Waals surface area contributed by atoms with E-state index in [9.17, 15) is 0 Å². The van der Waals surface area contributed by atoms with Crippen molar-refractivity contribution in [3.63, 3.8) is 0 Å². The molecule has 2 nitrogen and oxygen atoms in total. The van der Waals surface area contributed by atoms with Crippen molar-refractivity contribution < 1.29 is 0 Å². The minimum atomic E-state index is 0.103. The van der Waals surface area contributed by atoms with Crippen LogP contribution in [-0.2, 0) is 0 Å². The zero-order chi connectivity index (χ0) is 9.26. The van der Waals surface area contributed by atoms with Crippen LogP contribution in [0.5, 0.6) is 0 Å². The van der Waals surface area contributed by atoms with Gasteiger partial charge in [-0.2, -0.15) is 0 Å². The third kappa shape index (κ3) is 1.84. The van der Waals surface area contributed by atoms with Crippen LogP contribution in [0, 0.1) is 5.92 Å². The molecule has 0 unspecified atom stereocenters. The summed E-state index contributed by atoms with van der Waals surface area (Å²) in [6, 6.07) is 3.87. The topological polar surface area (TPSA) is 38.9 Å². The van der Waals surface area contributed by atoms with Crippen molar-refractivity contribution in [1.82, 2.24) is 4.98 Å². The van der Waals surface area contributed by atoms with Crippen LogP contribution in [0.1, 0.15) is 31.0 Å². The number of halogens is 1. The summed E-state index contributed by atoms with van der Waals surface area (Å²) in [4.78, 5) is 4.22. The summed E-state index contributed by atoms with van der Waals surface area (Å²) in [5, 5.41) is 0.671. The van der Waals surface area contributed by atoms with Gasteiger partial charge in [0.05, 0.1) is 10.7 Å². The standard InChI is InChI=1S/C10H13ClN2/c11-8-4-5-9(13-6-8)10(12)7-2-1-3-7/h4-7,10H,1-3,12H2/t10-/m0/s1. The van der Waals surface area contributed by atoms with E-state index in [-0.39, 0.29) is 6.04 Å². The van der Waals surface area contributed by atoms with Gasteiger partial charge in [0, 0.05) is 12.2 Å². The Labute approximate surface area is 83.1 Å². The number of rotatable bonds is 2. The monoisotopic (exact) mass is 196 g/mol. The van der Waals surface area contributed by atoms with Gasteiger partial charge >= 0.3 is 0 Å². The minimum Gasteiger partial charge on any atom is -0.322 e. The minimum absolute atomic E-state index is 0.103. The second-order valence-electron chi connectivity index (χ2n) is 3.62. The Kier molecular flexibility index (Phi) is 2.51. The smallest absolute Gasteiger partial charge is 0.0589 e. The summed E-state index contributed by atoms with van der Waals surface area (Å²) in [7, 11) is 0. The number of aromatic nitrogens is 1. The second kappa shape index (κ2) is 3.64. The summed E-state index contributed by atoms with van der Waals surface area (Å²) in [5.74, 6) is 0.633. The van der Waals surface area contributed by atoms with E-state index in [0.717, 1.165) is 5.69 Å². The SMILES string of the molecule is N[C@H](c1ccc(Cl)cn1)C1CCC1. The highest BCUT2D eigenvalue weighted by Crippen LogP contribution is 2.35. The van der Waals surface area contributed by atoms with Crippen LogP contribution >= 0.6 is 11.6 Å². The first-order valence-electron chi connectivity index (χ1n) is 4.64. The molecule has 0 aliphatic heterocycles. The third-order valence-electron chi connectivity index (χ3n) is 2.75. The number of pyridine rings is 1. The molecule has 0 bridgehead atoms. The Morgan fingerprint density at radius 1 is 1.46 bits per heavy atom. The van der Waals surface area contributed by atoms with Gasteiger partial charge in [0.15, 0.2) is 0 Å². The van der Waals surface area contributed by atoms with E-state index >= 15 is 0 Å². The summed E-state index contributed by atoms with van der Waals surface area (Å²) in [6.07, 6.45) is 5.46. The van der Waals surface area contributed by atoms with Gasteiger partial charge in [-0.25, -0.2) is 0 Å². The first-order chi connectivity index (χ1) is 6.27. The molecule has 1 aliphatic rings. The molecule has 2 rings (SSSR count). The quantitative estimate of drug-likeness (QED) is 0.790. The van der Waals surface area contributed by atoms with E-state index in [1.165, 1.54) is 19.3 Å². The van der Waals surface area contributed by atoms with E-state index in [2.05, 4.69) is 4.98 Å². The van der Waals surface area contributed by atoms with Crippen LogP contribution in [0.25, 0.3) is 0 Å². The van der Waals surface area contributed by atoms with E-state index in [0.29, 0.717) is 10.9 Å². The number of nitrogens with zero attached hydrogens (tertiary/aromatic N) is 1. The van der Waals surface area contributed by atoms with Crippen molar-refractivity contribution in [3.05, 3.63) is 29.0 Å². The maximum absolute atomic E-state index is 6.04. The molecule has 0 amide bonds. The fraction of sp³-hybridized carbons (Fsp3) is 0.500. The lowest BCUT2D eigenvalue weighted by atomic mass is 9.79. The lowest BCUT2D eigenvalue weighted by Gasteiger charge is -2.30. The number of nitrogens with two attached hydrogens (primary N) is 1. The van der Waals surface area contributed by atoms with Crippen molar-refractivity contribution in [1.29, 1.82) is 0 Å². The molecule has 0 spiro atoms. The predicted molar refractivity (Wildman–Crippen MR) is 53.5 cm³/mol. The first kappa shape index (κ1) is 8.97. The van der Waals surface area contributed by atoms with Gasteiger partial charge < -0.3 is 5.73 Å². The molecule has 1 heterocycles. The highest BCUT2D eigenvalue weighted by Gasteiger charge is 2.26. The maximum atomic E-state index is 6.04. The molecule has 2 N–H and O–H groups in total. The van der Waals surface area contributed by atoms with Crippen molar-refractivity contribution in [2.75, 3.05) is 0 Å². The Bertz CT molecular complexity index is 279. The van der Waals surface area contributed by atoms with Gasteiger partial charge in [-0.05, 0) is 30.9 Å². The fourth-order valence-corrected chi connectivity index (χ4v) is 1.74. The van der Waals surface area contributed by atoms with Crippen LogP contribution < -0.4 is 5.73 Å². The molecule has 70 valence electrons. The molecular weight excluding hydrogens is 184 g/mol. The lowest BCUT2D eigenvalue weighted by molar-refractivity contribution is 0.261. The summed E-state index contributed by atoms with van der Waals surface area (Å²) < 4.78 is 0. The third-order valence-corrected chi connectivity index (χ3v) is 2.97. The lowest BCUT2D eigenvalue weighted by Crippen LogP contribution is -2.27. The number of hydrogen-bond acceptors (Lipinski definition) is 2. The summed E-state index contributed by atoms with van der Waals surface area (Å²) in [5.41, 5.74) is 7.01. The van der Waals surface area contributed by atoms with Crippen molar-refractivity contribution >= 4 is 11.6 Å². The largest absolute Gasteiger partial charge is 0.322 e. The van der Waals surface area contributed by atoms with E-state index < -0.39 is 0 Å². The molecule has 1 aliphatic carbocycles. The molecule has 1 fully saturated rings. The van der Waals surface area contributed by atoms with Crippen LogP contribution in [0.2, 0.25) is 5.02 Å². The van der Waals surface area contributed by atoms with Crippen molar-refractivity contribution in [2.24, 2.45) is 11.7 Å². The zero-order valence-electron chi connectivity index (χ0n) is 7.41. The Morgan fingerprint density at radius 3 is 2.69 bits per heavy atom. The van der Waals surface area contributed by atoms with Gasteiger partial charge in [0.1, 0.15) is 0 Å². The van der Waals surface area contributed by atoms with Gasteiger partial charge in [-0.1, -0.05) is 18.0 Å². The average molecular weight is 197 g/mol. The predicted octanol–water partition coefficient (Wildman–Crippen LogP) is 2.53. The van der Waals surface area contributed by atoms with E-state index in [4.69, 9.17) is 17.3 Å². The maximum Gasteiger partial charge on any atom is 0.0589 e. The van der Waals surface area contributed by atoms with E-state index in [1.807, 2.05) is 12.1 Å². The molecule has 3 heteroatoms. The van der Waals surface area contributed by atoms with E-state index in [1.54, 1.807) is 6.20 Å². The van der Waals surface area contributed by atoms with Crippen LogP contribution in [0.4, 0.5) is 0 Å². The first-order valence-corrected chi connectivity index (χ1v) is 5.02. The molecular formula is C10H13ClN2. The Hall–Kier alpha value is -0.600. The molecule has 0 aromatic carbocycles. The van der Waals surface area contributed by atoms with Gasteiger partial charge in [0.2, 0.25) is 0 Å². The average Bonchev–Trinajstić information content (AvgIpc) is 2.02. The second-order valence-corrected chi connectivity index (χ2v) is 4.05. The Balaban J connectivity index is 2.10. The van der Waals surface area contributed by atoms with Crippen molar-refractivity contribution in [3.8, 4) is 0 Å². The van der Waals surface area contributed by atoms with Gasteiger partial charge in [-0.15, -0.1) is 0 Å².